The van der Waals surface area contributed by atoms with Crippen molar-refractivity contribution >= 4 is 11.5 Å². The molecule has 2 aromatic rings. The number of rotatable bonds is 3. The summed E-state index contributed by atoms with van der Waals surface area (Å²) in [5.41, 5.74) is 2.97. The summed E-state index contributed by atoms with van der Waals surface area (Å²) in [5.74, 6) is 1.27. The minimum Gasteiger partial charge on any atom is -0.471 e. The second kappa shape index (κ2) is 6.32. The van der Waals surface area contributed by atoms with Gasteiger partial charge in [-0.2, -0.15) is 0 Å². The number of hydrogen-bond donors (Lipinski definition) is 1. The monoisotopic (exact) mass is 329 g/mol. The summed E-state index contributed by atoms with van der Waals surface area (Å²) in [7, 11) is 0. The van der Waals surface area contributed by atoms with Gasteiger partial charge in [-0.15, -0.1) is 0 Å². The first-order valence-corrected chi connectivity index (χ1v) is 8.28. The van der Waals surface area contributed by atoms with E-state index < -0.39 is 12.3 Å². The van der Waals surface area contributed by atoms with Gasteiger partial charge in [-0.3, -0.25) is 4.98 Å². The van der Waals surface area contributed by atoms with Crippen molar-refractivity contribution in [3.05, 3.63) is 35.9 Å². The van der Waals surface area contributed by atoms with Crippen LogP contribution in [0.1, 0.15) is 17.7 Å². The van der Waals surface area contributed by atoms with Crippen molar-refractivity contribution in [3.63, 3.8) is 0 Å². The number of pyridine rings is 1. The topological polar surface area (TPSA) is 63.2 Å². The van der Waals surface area contributed by atoms with E-state index in [4.69, 9.17) is 4.74 Å². The van der Waals surface area contributed by atoms with E-state index in [0.29, 0.717) is 18.8 Å². The second-order valence-corrected chi connectivity index (χ2v) is 6.16. The number of alkyl halides is 1. The van der Waals surface area contributed by atoms with E-state index in [1.54, 1.807) is 0 Å². The molecule has 2 aliphatic rings. The lowest BCUT2D eigenvalue weighted by atomic mass is 10.1. The van der Waals surface area contributed by atoms with Crippen LogP contribution < -0.4 is 15.0 Å². The lowest BCUT2D eigenvalue weighted by Gasteiger charge is -2.28. The largest absolute Gasteiger partial charge is 0.471 e. The summed E-state index contributed by atoms with van der Waals surface area (Å²) in [6.07, 6.45) is 3.34. The molecule has 0 aliphatic carbocycles. The van der Waals surface area contributed by atoms with Gasteiger partial charge < -0.3 is 15.0 Å². The summed E-state index contributed by atoms with van der Waals surface area (Å²) in [4.78, 5) is 15.2. The molecule has 6 nitrogen and oxygen atoms in total. The summed E-state index contributed by atoms with van der Waals surface area (Å²) in [5, 5.41) is 3.03. The lowest BCUT2D eigenvalue weighted by molar-refractivity contribution is 0.0686. The highest BCUT2D eigenvalue weighted by atomic mass is 19.1. The first kappa shape index (κ1) is 15.3. The first-order chi connectivity index (χ1) is 11.7. The molecule has 0 unspecified atom stereocenters. The maximum absolute atomic E-state index is 14.0. The first-order valence-electron chi connectivity index (χ1n) is 8.28. The van der Waals surface area contributed by atoms with Crippen LogP contribution in [0.4, 0.5) is 15.9 Å². The van der Waals surface area contributed by atoms with Crippen LogP contribution in [0.15, 0.2) is 24.7 Å². The van der Waals surface area contributed by atoms with Gasteiger partial charge in [0, 0.05) is 25.7 Å². The normalized spacial score (nSPS) is 23.2. The molecule has 126 valence electrons. The maximum atomic E-state index is 14.0. The highest BCUT2D eigenvalue weighted by Gasteiger charge is 2.29. The minimum absolute atomic E-state index is 0.326. The fraction of sp³-hybridized carbons (Fsp3) is 0.471. The second-order valence-electron chi connectivity index (χ2n) is 6.16. The molecule has 2 atom stereocenters. The van der Waals surface area contributed by atoms with E-state index in [1.165, 1.54) is 6.33 Å². The number of nitrogens with one attached hydrogen (secondary N) is 1. The zero-order valence-electron chi connectivity index (χ0n) is 13.6. The number of halogens is 1. The Kier molecular flexibility index (Phi) is 4.02. The highest BCUT2D eigenvalue weighted by Crippen LogP contribution is 2.35. The molecule has 0 aromatic carbocycles. The van der Waals surface area contributed by atoms with E-state index in [-0.39, 0.29) is 0 Å². The van der Waals surface area contributed by atoms with E-state index in [9.17, 15) is 4.39 Å². The molecule has 1 fully saturated rings. The quantitative estimate of drug-likeness (QED) is 0.929. The molecule has 0 amide bonds. The number of anilines is 2. The fourth-order valence-corrected chi connectivity index (χ4v) is 3.31. The van der Waals surface area contributed by atoms with Crippen LogP contribution in [0.5, 0.6) is 5.88 Å². The summed E-state index contributed by atoms with van der Waals surface area (Å²) in [6, 6.07) is 3.97. The average Bonchev–Trinajstić information content (AvgIpc) is 3.03. The van der Waals surface area contributed by atoms with Crippen LogP contribution in [-0.2, 0) is 6.42 Å². The molecular formula is C17H20FN5O. The number of ether oxygens (including phenoxy) is 1. The van der Waals surface area contributed by atoms with Crippen LogP contribution in [0.3, 0.4) is 0 Å². The molecule has 0 saturated carbocycles. The number of fused-ring (bicyclic) bond motifs is 1. The Bertz CT molecular complexity index is 741. The van der Waals surface area contributed by atoms with Crippen molar-refractivity contribution in [2.24, 2.45) is 0 Å². The molecule has 4 heterocycles. The summed E-state index contributed by atoms with van der Waals surface area (Å²) < 4.78 is 19.9. The van der Waals surface area contributed by atoms with Crippen molar-refractivity contribution in [2.45, 2.75) is 32.0 Å². The Labute approximate surface area is 140 Å². The van der Waals surface area contributed by atoms with Crippen molar-refractivity contribution < 1.29 is 9.13 Å². The SMILES string of the molecule is Cc1c(O[C@H]2CCNC[C@H]2F)ncnc1N1CCc2ncccc21. The summed E-state index contributed by atoms with van der Waals surface area (Å²) in [6.45, 7) is 3.83. The molecule has 0 spiro atoms. The van der Waals surface area contributed by atoms with E-state index in [0.717, 1.165) is 42.3 Å². The average molecular weight is 329 g/mol. The fourth-order valence-electron chi connectivity index (χ4n) is 3.31. The van der Waals surface area contributed by atoms with Gasteiger partial charge in [-0.1, -0.05) is 0 Å². The van der Waals surface area contributed by atoms with Crippen molar-refractivity contribution in [2.75, 3.05) is 24.5 Å². The van der Waals surface area contributed by atoms with Crippen LogP contribution in [0.2, 0.25) is 0 Å². The van der Waals surface area contributed by atoms with Gasteiger partial charge in [0.2, 0.25) is 5.88 Å². The third-order valence-corrected chi connectivity index (χ3v) is 4.61. The standard InChI is InChI=1S/C17H20FN5O/c1-11-16(23-8-5-13-14(23)3-2-6-20-13)21-10-22-17(11)24-15-4-7-19-9-12(15)18/h2-3,6,10,12,15,19H,4-5,7-9H2,1H3/t12-,15+/m1/s1. The van der Waals surface area contributed by atoms with Gasteiger partial charge in [0.05, 0.1) is 16.9 Å². The number of nitrogens with zero attached hydrogens (tertiary/aromatic N) is 4. The van der Waals surface area contributed by atoms with Gasteiger partial charge in [0.1, 0.15) is 24.4 Å². The van der Waals surface area contributed by atoms with Gasteiger partial charge >= 0.3 is 0 Å². The highest BCUT2D eigenvalue weighted by molar-refractivity contribution is 5.68. The van der Waals surface area contributed by atoms with Gasteiger partial charge in [0.15, 0.2) is 0 Å². The number of aromatic nitrogens is 3. The van der Waals surface area contributed by atoms with Gasteiger partial charge in [-0.05, 0) is 32.0 Å². The van der Waals surface area contributed by atoms with E-state index in [1.807, 2.05) is 25.3 Å². The third-order valence-electron chi connectivity index (χ3n) is 4.61. The van der Waals surface area contributed by atoms with Crippen LogP contribution in [0, 0.1) is 6.92 Å². The molecule has 4 rings (SSSR count). The van der Waals surface area contributed by atoms with Crippen molar-refractivity contribution in [1.82, 2.24) is 20.3 Å². The molecule has 7 heteroatoms. The Balaban J connectivity index is 1.62. The smallest absolute Gasteiger partial charge is 0.221 e. The molecule has 0 bridgehead atoms. The molecular weight excluding hydrogens is 309 g/mol. The summed E-state index contributed by atoms with van der Waals surface area (Å²) >= 11 is 0. The van der Waals surface area contributed by atoms with E-state index >= 15 is 0 Å². The zero-order chi connectivity index (χ0) is 16.5. The zero-order valence-corrected chi connectivity index (χ0v) is 13.6. The lowest BCUT2D eigenvalue weighted by Crippen LogP contribution is -2.44. The Morgan fingerprint density at radius 2 is 2.25 bits per heavy atom. The molecule has 0 radical (unpaired) electrons. The van der Waals surface area contributed by atoms with Gasteiger partial charge in [-0.25, -0.2) is 14.4 Å². The molecule has 2 aromatic heterocycles. The molecule has 24 heavy (non-hydrogen) atoms. The minimum atomic E-state index is -1.02. The van der Waals surface area contributed by atoms with Crippen molar-refractivity contribution in [3.8, 4) is 5.88 Å². The predicted octanol–water partition coefficient (Wildman–Crippen LogP) is 1.95. The van der Waals surface area contributed by atoms with E-state index in [2.05, 4.69) is 25.2 Å². The Morgan fingerprint density at radius 1 is 1.33 bits per heavy atom. The molecule has 1 N–H and O–H groups in total. The molecule has 1 saturated heterocycles. The van der Waals surface area contributed by atoms with Crippen molar-refractivity contribution in [1.29, 1.82) is 0 Å². The maximum Gasteiger partial charge on any atom is 0.221 e. The van der Waals surface area contributed by atoms with Gasteiger partial charge in [0.25, 0.3) is 0 Å². The van der Waals surface area contributed by atoms with Crippen LogP contribution in [0.25, 0.3) is 0 Å². The predicted molar refractivity (Wildman–Crippen MR) is 88.5 cm³/mol. The number of piperidine rings is 1. The molecule has 2 aliphatic heterocycles. The Hall–Kier alpha value is -2.28. The van der Waals surface area contributed by atoms with Crippen LogP contribution >= 0.6 is 0 Å². The van der Waals surface area contributed by atoms with Crippen LogP contribution in [-0.4, -0.2) is 46.9 Å². The Morgan fingerprint density at radius 3 is 3.12 bits per heavy atom. The third kappa shape index (κ3) is 2.69. The number of hydrogen-bond acceptors (Lipinski definition) is 6.